The molecule has 2 N–H and O–H groups in total. The third-order valence-corrected chi connectivity index (χ3v) is 5.41. The lowest BCUT2D eigenvalue weighted by Gasteiger charge is -2.11. The summed E-state index contributed by atoms with van der Waals surface area (Å²) in [5.41, 5.74) is 6.95. The van der Waals surface area contributed by atoms with Crippen molar-refractivity contribution in [3.05, 3.63) is 101 Å². The van der Waals surface area contributed by atoms with Gasteiger partial charge < -0.3 is 10.3 Å². The summed E-state index contributed by atoms with van der Waals surface area (Å²) in [6.07, 6.45) is 2.52. The van der Waals surface area contributed by atoms with Crippen LogP contribution < -0.4 is 5.32 Å². The Morgan fingerprint density at radius 2 is 1.76 bits per heavy atom. The van der Waals surface area contributed by atoms with Gasteiger partial charge in [-0.3, -0.25) is 9.79 Å². The lowest BCUT2D eigenvalue weighted by atomic mass is 9.98. The highest BCUT2D eigenvalue weighted by Crippen LogP contribution is 2.27. The maximum absolute atomic E-state index is 13.1. The van der Waals surface area contributed by atoms with Crippen LogP contribution in [0.1, 0.15) is 22.3 Å². The van der Waals surface area contributed by atoms with Gasteiger partial charge in [0.25, 0.3) is 0 Å². The Morgan fingerprint density at radius 3 is 2.62 bits per heavy atom. The Labute approximate surface area is 169 Å². The molecule has 0 fully saturated rings. The van der Waals surface area contributed by atoms with Crippen molar-refractivity contribution in [2.24, 2.45) is 4.99 Å². The third kappa shape index (κ3) is 3.23. The van der Waals surface area contributed by atoms with Gasteiger partial charge in [-0.15, -0.1) is 0 Å². The number of hydrogen-bond acceptors (Lipinski definition) is 2. The van der Waals surface area contributed by atoms with E-state index in [4.69, 9.17) is 4.99 Å². The number of para-hydroxylation sites is 1. The number of benzodiazepines with no additional fused rings is 1. The van der Waals surface area contributed by atoms with E-state index in [-0.39, 0.29) is 5.91 Å². The van der Waals surface area contributed by atoms with E-state index in [2.05, 4.69) is 29.4 Å². The molecular weight excluding hydrogens is 358 g/mol. The first-order valence-corrected chi connectivity index (χ1v) is 9.79. The monoisotopic (exact) mass is 379 g/mol. The quantitative estimate of drug-likeness (QED) is 0.524. The Kier molecular flexibility index (Phi) is 4.24. The first kappa shape index (κ1) is 17.4. The standard InChI is InChI=1S/C25H21N3O/c1-16-11-12-22-20(13-16)24(17-7-3-2-4-8-17)27-23(25(29)28-22)14-18-15-26-21-10-6-5-9-19(18)21/h2-13,15,23,26H,14H2,1H3,(H,28,29). The van der Waals surface area contributed by atoms with Crippen molar-refractivity contribution in [3.63, 3.8) is 0 Å². The molecule has 1 aromatic heterocycles. The van der Waals surface area contributed by atoms with E-state index in [1.807, 2.05) is 66.9 Å². The molecule has 142 valence electrons. The van der Waals surface area contributed by atoms with Crippen molar-refractivity contribution < 1.29 is 4.79 Å². The summed E-state index contributed by atoms with van der Waals surface area (Å²) in [5.74, 6) is -0.0775. The van der Waals surface area contributed by atoms with E-state index in [1.165, 1.54) is 0 Å². The van der Waals surface area contributed by atoms with E-state index < -0.39 is 6.04 Å². The van der Waals surface area contributed by atoms with Gasteiger partial charge in [-0.2, -0.15) is 0 Å². The van der Waals surface area contributed by atoms with Crippen LogP contribution in [0.2, 0.25) is 0 Å². The highest BCUT2D eigenvalue weighted by Gasteiger charge is 2.26. The van der Waals surface area contributed by atoms with Gasteiger partial charge in [-0.05, 0) is 30.7 Å². The van der Waals surface area contributed by atoms with E-state index in [9.17, 15) is 4.79 Å². The number of carbonyl (C=O) groups excluding carboxylic acids is 1. The first-order chi connectivity index (χ1) is 14.2. The molecule has 3 aromatic carbocycles. The van der Waals surface area contributed by atoms with Gasteiger partial charge in [0.05, 0.1) is 11.4 Å². The van der Waals surface area contributed by atoms with Gasteiger partial charge in [0.15, 0.2) is 0 Å². The van der Waals surface area contributed by atoms with Crippen LogP contribution in [0, 0.1) is 6.92 Å². The largest absolute Gasteiger partial charge is 0.361 e. The zero-order valence-corrected chi connectivity index (χ0v) is 16.1. The SMILES string of the molecule is Cc1ccc2c(c1)C(c1ccccc1)=NC(Cc1c[nH]c3ccccc13)C(=O)N2. The molecule has 1 aliphatic rings. The Hall–Kier alpha value is -3.66. The van der Waals surface area contributed by atoms with Crippen molar-refractivity contribution in [1.82, 2.24) is 4.98 Å². The third-order valence-electron chi connectivity index (χ3n) is 5.41. The van der Waals surface area contributed by atoms with E-state index in [0.717, 1.165) is 44.6 Å². The van der Waals surface area contributed by atoms with Crippen LogP contribution >= 0.6 is 0 Å². The molecule has 1 amide bonds. The number of aryl methyl sites for hydroxylation is 1. The molecule has 29 heavy (non-hydrogen) atoms. The predicted octanol–water partition coefficient (Wildman–Crippen LogP) is 4.88. The van der Waals surface area contributed by atoms with Crippen molar-refractivity contribution in [2.45, 2.75) is 19.4 Å². The molecule has 0 saturated carbocycles. The fourth-order valence-corrected chi connectivity index (χ4v) is 3.94. The molecular formula is C25H21N3O. The number of aromatic amines is 1. The maximum Gasteiger partial charge on any atom is 0.249 e. The summed E-state index contributed by atoms with van der Waals surface area (Å²) in [4.78, 5) is 21.3. The topological polar surface area (TPSA) is 57.2 Å². The molecule has 1 unspecified atom stereocenters. The Balaban J connectivity index is 1.62. The van der Waals surface area contributed by atoms with E-state index >= 15 is 0 Å². The number of benzene rings is 3. The van der Waals surface area contributed by atoms with Crippen molar-refractivity contribution in [2.75, 3.05) is 5.32 Å². The number of aliphatic imine (C=N–C) groups is 1. The molecule has 4 aromatic rings. The van der Waals surface area contributed by atoms with Crippen LogP contribution in [0.5, 0.6) is 0 Å². The number of hydrogen-bond donors (Lipinski definition) is 2. The normalized spacial score (nSPS) is 16.1. The molecule has 4 heteroatoms. The zero-order valence-electron chi connectivity index (χ0n) is 16.1. The summed E-state index contributed by atoms with van der Waals surface area (Å²) >= 11 is 0. The van der Waals surface area contributed by atoms with Crippen LogP contribution in [-0.2, 0) is 11.2 Å². The van der Waals surface area contributed by atoms with Gasteiger partial charge in [0.1, 0.15) is 6.04 Å². The van der Waals surface area contributed by atoms with Crippen LogP contribution in [0.15, 0.2) is 84.0 Å². The minimum absolute atomic E-state index is 0.0775. The molecule has 4 nitrogen and oxygen atoms in total. The fourth-order valence-electron chi connectivity index (χ4n) is 3.94. The van der Waals surface area contributed by atoms with Gasteiger partial charge in [-0.25, -0.2) is 0 Å². The lowest BCUT2D eigenvalue weighted by Crippen LogP contribution is -2.27. The molecule has 2 heterocycles. The zero-order chi connectivity index (χ0) is 19.8. The van der Waals surface area contributed by atoms with Gasteiger partial charge in [0.2, 0.25) is 5.91 Å². The number of amides is 1. The number of anilines is 1. The minimum atomic E-state index is -0.503. The van der Waals surface area contributed by atoms with E-state index in [0.29, 0.717) is 6.42 Å². The summed E-state index contributed by atoms with van der Waals surface area (Å²) < 4.78 is 0. The predicted molar refractivity (Wildman–Crippen MR) is 118 cm³/mol. The Bertz CT molecular complexity index is 1240. The molecule has 0 radical (unpaired) electrons. The maximum atomic E-state index is 13.1. The van der Waals surface area contributed by atoms with Crippen LogP contribution in [0.4, 0.5) is 5.69 Å². The lowest BCUT2D eigenvalue weighted by molar-refractivity contribution is -0.117. The number of fused-ring (bicyclic) bond motifs is 2. The van der Waals surface area contributed by atoms with Gasteiger partial charge >= 0.3 is 0 Å². The minimum Gasteiger partial charge on any atom is -0.361 e. The number of nitrogens with one attached hydrogen (secondary N) is 2. The molecule has 0 spiro atoms. The number of carbonyl (C=O) groups is 1. The highest BCUT2D eigenvalue weighted by molar-refractivity contribution is 6.19. The fraction of sp³-hybridized carbons (Fsp3) is 0.120. The number of rotatable bonds is 3. The van der Waals surface area contributed by atoms with Crippen LogP contribution in [0.25, 0.3) is 10.9 Å². The summed E-state index contributed by atoms with van der Waals surface area (Å²) in [6, 6.07) is 23.8. The second kappa shape index (κ2) is 7.06. The van der Waals surface area contributed by atoms with Crippen molar-refractivity contribution in [1.29, 1.82) is 0 Å². The molecule has 5 rings (SSSR count). The average molecular weight is 379 g/mol. The van der Waals surface area contributed by atoms with Gasteiger partial charge in [0, 0.05) is 34.6 Å². The summed E-state index contributed by atoms with van der Waals surface area (Å²) in [6.45, 7) is 2.05. The summed E-state index contributed by atoms with van der Waals surface area (Å²) in [5, 5.41) is 4.23. The van der Waals surface area contributed by atoms with Gasteiger partial charge in [-0.1, -0.05) is 60.2 Å². The molecule has 0 aliphatic carbocycles. The van der Waals surface area contributed by atoms with Crippen LogP contribution in [-0.4, -0.2) is 22.6 Å². The van der Waals surface area contributed by atoms with E-state index in [1.54, 1.807) is 0 Å². The second-order valence-electron chi connectivity index (χ2n) is 7.46. The van der Waals surface area contributed by atoms with Crippen LogP contribution in [0.3, 0.4) is 0 Å². The molecule has 0 saturated heterocycles. The molecule has 1 aliphatic heterocycles. The number of aromatic nitrogens is 1. The molecule has 1 atom stereocenters. The van der Waals surface area contributed by atoms with Crippen molar-refractivity contribution >= 4 is 28.2 Å². The number of nitrogens with zero attached hydrogens (tertiary/aromatic N) is 1. The van der Waals surface area contributed by atoms with Crippen molar-refractivity contribution in [3.8, 4) is 0 Å². The second-order valence-corrected chi connectivity index (χ2v) is 7.46. The Morgan fingerprint density at radius 1 is 0.966 bits per heavy atom. The molecule has 0 bridgehead atoms. The summed E-state index contributed by atoms with van der Waals surface area (Å²) in [7, 11) is 0. The number of H-pyrrole nitrogens is 1. The highest BCUT2D eigenvalue weighted by atomic mass is 16.2. The average Bonchev–Trinajstić information content (AvgIpc) is 3.10. The smallest absolute Gasteiger partial charge is 0.249 e. The first-order valence-electron chi connectivity index (χ1n) is 9.79.